The highest BCUT2D eigenvalue weighted by Crippen LogP contribution is 2.18. The van der Waals surface area contributed by atoms with Gasteiger partial charge in [0.15, 0.2) is 0 Å². The number of nitrogens with zero attached hydrogens (tertiary/aromatic N) is 2. The van der Waals surface area contributed by atoms with Gasteiger partial charge in [-0.1, -0.05) is 29.8 Å². The van der Waals surface area contributed by atoms with Gasteiger partial charge in [-0.05, 0) is 43.7 Å². The summed E-state index contributed by atoms with van der Waals surface area (Å²) < 4.78 is 5.41. The highest BCUT2D eigenvalue weighted by molar-refractivity contribution is 5.93. The SMILES string of the molecule is CCOc1ccc(Nc2ncc(C(=O)NCc3ccc(C)cc3)cn2)cc1. The zero-order valence-corrected chi connectivity index (χ0v) is 15.4. The molecule has 0 spiro atoms. The molecule has 0 atom stereocenters. The fourth-order valence-corrected chi connectivity index (χ4v) is 2.43. The fourth-order valence-electron chi connectivity index (χ4n) is 2.43. The Hall–Kier alpha value is -3.41. The standard InChI is InChI=1S/C21H22N4O2/c1-3-27-19-10-8-18(9-11-19)25-21-23-13-17(14-24-21)20(26)22-12-16-6-4-15(2)5-7-16/h4-11,13-14H,3,12H2,1-2H3,(H,22,26)(H,23,24,25). The molecule has 27 heavy (non-hydrogen) atoms. The second kappa shape index (κ2) is 8.80. The Labute approximate surface area is 158 Å². The van der Waals surface area contributed by atoms with Crippen molar-refractivity contribution in [2.45, 2.75) is 20.4 Å². The van der Waals surface area contributed by atoms with E-state index in [2.05, 4.69) is 20.6 Å². The molecule has 6 heteroatoms. The van der Waals surface area contributed by atoms with Gasteiger partial charge in [-0.15, -0.1) is 0 Å². The maximum atomic E-state index is 12.2. The van der Waals surface area contributed by atoms with Crippen molar-refractivity contribution in [3.8, 4) is 5.75 Å². The normalized spacial score (nSPS) is 10.3. The van der Waals surface area contributed by atoms with Crippen LogP contribution in [0.25, 0.3) is 0 Å². The van der Waals surface area contributed by atoms with Crippen LogP contribution in [0, 0.1) is 6.92 Å². The monoisotopic (exact) mass is 362 g/mol. The number of hydrogen-bond acceptors (Lipinski definition) is 5. The summed E-state index contributed by atoms with van der Waals surface area (Å²) in [7, 11) is 0. The van der Waals surface area contributed by atoms with E-state index in [0.29, 0.717) is 24.7 Å². The average molecular weight is 362 g/mol. The molecule has 3 rings (SSSR count). The van der Waals surface area contributed by atoms with Gasteiger partial charge in [0.05, 0.1) is 12.2 Å². The van der Waals surface area contributed by atoms with Crippen LogP contribution in [-0.4, -0.2) is 22.5 Å². The Morgan fingerprint density at radius 3 is 2.30 bits per heavy atom. The van der Waals surface area contributed by atoms with Crippen LogP contribution in [-0.2, 0) is 6.54 Å². The van der Waals surface area contributed by atoms with Crippen LogP contribution in [0.3, 0.4) is 0 Å². The third-order valence-corrected chi connectivity index (χ3v) is 3.91. The first-order valence-corrected chi connectivity index (χ1v) is 8.79. The van der Waals surface area contributed by atoms with Crippen LogP contribution in [0.1, 0.15) is 28.4 Å². The Balaban J connectivity index is 1.55. The van der Waals surface area contributed by atoms with E-state index in [1.807, 2.05) is 62.4 Å². The molecule has 0 radical (unpaired) electrons. The summed E-state index contributed by atoms with van der Waals surface area (Å²) in [5.41, 5.74) is 3.49. The first kappa shape index (κ1) is 18.4. The fraction of sp³-hybridized carbons (Fsp3) is 0.190. The van der Waals surface area contributed by atoms with Gasteiger partial charge >= 0.3 is 0 Å². The number of hydrogen-bond donors (Lipinski definition) is 2. The van der Waals surface area contributed by atoms with E-state index >= 15 is 0 Å². The van der Waals surface area contributed by atoms with Crippen molar-refractivity contribution in [2.24, 2.45) is 0 Å². The summed E-state index contributed by atoms with van der Waals surface area (Å²) in [6.45, 7) is 5.07. The molecule has 1 amide bonds. The van der Waals surface area contributed by atoms with Crippen LogP contribution < -0.4 is 15.4 Å². The molecule has 0 unspecified atom stereocenters. The van der Waals surface area contributed by atoms with E-state index in [9.17, 15) is 4.79 Å². The maximum absolute atomic E-state index is 12.2. The van der Waals surface area contributed by atoms with Gasteiger partial charge in [-0.25, -0.2) is 9.97 Å². The van der Waals surface area contributed by atoms with E-state index in [1.165, 1.54) is 18.0 Å². The molecule has 138 valence electrons. The minimum atomic E-state index is -0.205. The summed E-state index contributed by atoms with van der Waals surface area (Å²) in [6.07, 6.45) is 3.02. The number of aromatic nitrogens is 2. The molecule has 6 nitrogen and oxygen atoms in total. The third kappa shape index (κ3) is 5.28. The summed E-state index contributed by atoms with van der Waals surface area (Å²) in [4.78, 5) is 20.6. The number of anilines is 2. The summed E-state index contributed by atoms with van der Waals surface area (Å²) in [6, 6.07) is 15.6. The van der Waals surface area contributed by atoms with Crippen molar-refractivity contribution in [3.05, 3.63) is 77.6 Å². The van der Waals surface area contributed by atoms with Crippen LogP contribution in [0.2, 0.25) is 0 Å². The van der Waals surface area contributed by atoms with Gasteiger partial charge in [0.1, 0.15) is 5.75 Å². The number of carbonyl (C=O) groups is 1. The Kier molecular flexibility index (Phi) is 5.99. The number of amides is 1. The lowest BCUT2D eigenvalue weighted by Crippen LogP contribution is -2.23. The van der Waals surface area contributed by atoms with Crippen molar-refractivity contribution in [2.75, 3.05) is 11.9 Å². The minimum Gasteiger partial charge on any atom is -0.494 e. The number of nitrogens with one attached hydrogen (secondary N) is 2. The van der Waals surface area contributed by atoms with Gasteiger partial charge in [-0.2, -0.15) is 0 Å². The van der Waals surface area contributed by atoms with Crippen molar-refractivity contribution in [1.29, 1.82) is 0 Å². The first-order valence-electron chi connectivity index (χ1n) is 8.79. The van der Waals surface area contributed by atoms with Crippen LogP contribution in [0.15, 0.2) is 60.9 Å². The van der Waals surface area contributed by atoms with Crippen molar-refractivity contribution in [3.63, 3.8) is 0 Å². The molecule has 1 heterocycles. The van der Waals surface area contributed by atoms with Crippen LogP contribution in [0.4, 0.5) is 11.6 Å². The number of benzene rings is 2. The average Bonchev–Trinajstić information content (AvgIpc) is 2.70. The second-order valence-electron chi connectivity index (χ2n) is 6.05. The van der Waals surface area contributed by atoms with Crippen LogP contribution >= 0.6 is 0 Å². The van der Waals surface area contributed by atoms with Crippen molar-refractivity contribution < 1.29 is 9.53 Å². The Morgan fingerprint density at radius 1 is 1.00 bits per heavy atom. The summed E-state index contributed by atoms with van der Waals surface area (Å²) >= 11 is 0. The van der Waals surface area contributed by atoms with Gasteiger partial charge < -0.3 is 15.4 Å². The lowest BCUT2D eigenvalue weighted by Gasteiger charge is -2.08. The van der Waals surface area contributed by atoms with Gasteiger partial charge in [-0.3, -0.25) is 4.79 Å². The molecule has 0 saturated heterocycles. The smallest absolute Gasteiger partial charge is 0.254 e. The van der Waals surface area contributed by atoms with Gasteiger partial charge in [0.2, 0.25) is 5.95 Å². The van der Waals surface area contributed by atoms with Crippen molar-refractivity contribution in [1.82, 2.24) is 15.3 Å². The molecule has 1 aromatic heterocycles. The number of aryl methyl sites for hydroxylation is 1. The predicted molar refractivity (Wildman–Crippen MR) is 105 cm³/mol. The van der Waals surface area contributed by atoms with Crippen molar-refractivity contribution >= 4 is 17.5 Å². The number of ether oxygens (including phenoxy) is 1. The minimum absolute atomic E-state index is 0.205. The maximum Gasteiger partial charge on any atom is 0.254 e. The summed E-state index contributed by atoms with van der Waals surface area (Å²) in [5, 5.41) is 5.96. The summed E-state index contributed by atoms with van der Waals surface area (Å²) in [5.74, 6) is 1.03. The highest BCUT2D eigenvalue weighted by atomic mass is 16.5. The zero-order valence-electron chi connectivity index (χ0n) is 15.4. The Bertz CT molecular complexity index is 876. The first-order chi connectivity index (χ1) is 13.1. The predicted octanol–water partition coefficient (Wildman–Crippen LogP) is 3.86. The van der Waals surface area contributed by atoms with Gasteiger partial charge in [0, 0.05) is 24.6 Å². The lowest BCUT2D eigenvalue weighted by atomic mass is 10.1. The number of rotatable bonds is 7. The van der Waals surface area contributed by atoms with E-state index < -0.39 is 0 Å². The zero-order chi connectivity index (χ0) is 19.1. The third-order valence-electron chi connectivity index (χ3n) is 3.91. The molecule has 0 aliphatic carbocycles. The topological polar surface area (TPSA) is 76.1 Å². The number of carbonyl (C=O) groups excluding carboxylic acids is 1. The molecule has 0 aliphatic rings. The lowest BCUT2D eigenvalue weighted by molar-refractivity contribution is 0.0950. The molecule has 2 aromatic carbocycles. The molecule has 0 aliphatic heterocycles. The molecular formula is C21H22N4O2. The molecule has 2 N–H and O–H groups in total. The van der Waals surface area contributed by atoms with E-state index in [-0.39, 0.29) is 5.91 Å². The quantitative estimate of drug-likeness (QED) is 0.667. The van der Waals surface area contributed by atoms with E-state index in [4.69, 9.17) is 4.74 Å². The van der Waals surface area contributed by atoms with Crippen LogP contribution in [0.5, 0.6) is 5.75 Å². The largest absolute Gasteiger partial charge is 0.494 e. The van der Waals surface area contributed by atoms with E-state index in [0.717, 1.165) is 17.0 Å². The molecule has 0 bridgehead atoms. The molecule has 3 aromatic rings. The highest BCUT2D eigenvalue weighted by Gasteiger charge is 2.07. The molecular weight excluding hydrogens is 340 g/mol. The second-order valence-corrected chi connectivity index (χ2v) is 6.05. The Morgan fingerprint density at radius 2 is 1.67 bits per heavy atom. The molecule has 0 fully saturated rings. The van der Waals surface area contributed by atoms with Gasteiger partial charge in [0.25, 0.3) is 5.91 Å². The molecule has 0 saturated carbocycles. The van der Waals surface area contributed by atoms with E-state index in [1.54, 1.807) is 0 Å².